The number of nitrogens with two attached hydrogens (primary N) is 1. The number of carbonyl (C=O) groups excluding carboxylic acids is 1. The van der Waals surface area contributed by atoms with Crippen molar-refractivity contribution < 1.29 is 9.90 Å². The number of phenolic OH excluding ortho intramolecular Hbond substituents is 1. The molecule has 0 atom stereocenters. The molecule has 0 heterocycles. The lowest BCUT2D eigenvalue weighted by atomic mass is 10.1. The number of anilines is 1. The topological polar surface area (TPSA) is 63.3 Å². The maximum Gasteiger partial charge on any atom is 0.145 e. The van der Waals surface area contributed by atoms with Crippen LogP contribution in [0.1, 0.15) is 5.56 Å². The van der Waals surface area contributed by atoms with E-state index in [-0.39, 0.29) is 5.75 Å². The van der Waals surface area contributed by atoms with E-state index in [1.165, 1.54) is 12.2 Å². The third-order valence-electron chi connectivity index (χ3n) is 1.45. The van der Waals surface area contributed by atoms with Crippen LogP contribution in [0.15, 0.2) is 24.3 Å². The summed E-state index contributed by atoms with van der Waals surface area (Å²) >= 11 is 0. The predicted molar refractivity (Wildman–Crippen MR) is 47.6 cm³/mol. The van der Waals surface area contributed by atoms with Gasteiger partial charge < -0.3 is 10.8 Å². The van der Waals surface area contributed by atoms with Crippen molar-refractivity contribution in [2.45, 2.75) is 0 Å². The highest BCUT2D eigenvalue weighted by molar-refractivity contribution is 5.77. The summed E-state index contributed by atoms with van der Waals surface area (Å²) in [5.74, 6) is 0.00981. The Kier molecular flexibility index (Phi) is 2.48. The Morgan fingerprint density at radius 2 is 2.17 bits per heavy atom. The standard InChI is InChI=1S/C9H9NO2/c10-8-5-1-3-7(9(8)12)4-2-6-11/h1-6,12H,10H2. The van der Waals surface area contributed by atoms with E-state index in [1.807, 2.05) is 0 Å². The molecular formula is C9H9NO2. The van der Waals surface area contributed by atoms with Crippen molar-refractivity contribution in [3.05, 3.63) is 29.8 Å². The van der Waals surface area contributed by atoms with E-state index in [0.29, 0.717) is 17.5 Å². The quantitative estimate of drug-likeness (QED) is 0.298. The normalized spacial score (nSPS) is 10.3. The van der Waals surface area contributed by atoms with Crippen molar-refractivity contribution in [2.24, 2.45) is 0 Å². The van der Waals surface area contributed by atoms with Gasteiger partial charge in [0.1, 0.15) is 12.0 Å². The molecule has 3 nitrogen and oxygen atoms in total. The van der Waals surface area contributed by atoms with E-state index in [9.17, 15) is 9.90 Å². The molecule has 1 aromatic rings. The lowest BCUT2D eigenvalue weighted by Gasteiger charge is -2.00. The molecule has 0 aromatic heterocycles. The van der Waals surface area contributed by atoms with Crippen LogP contribution in [0.3, 0.4) is 0 Å². The zero-order valence-corrected chi connectivity index (χ0v) is 6.40. The molecule has 12 heavy (non-hydrogen) atoms. The van der Waals surface area contributed by atoms with Gasteiger partial charge in [0.2, 0.25) is 0 Å². The average molecular weight is 163 g/mol. The summed E-state index contributed by atoms with van der Waals surface area (Å²) in [6.07, 6.45) is 3.44. The molecule has 0 bridgehead atoms. The zero-order chi connectivity index (χ0) is 8.97. The first-order chi connectivity index (χ1) is 5.75. The predicted octanol–water partition coefficient (Wildman–Crippen LogP) is 1.19. The summed E-state index contributed by atoms with van der Waals surface area (Å²) in [6, 6.07) is 4.97. The smallest absolute Gasteiger partial charge is 0.145 e. The zero-order valence-electron chi connectivity index (χ0n) is 6.40. The molecule has 0 spiro atoms. The summed E-state index contributed by atoms with van der Waals surface area (Å²) in [5.41, 5.74) is 6.27. The van der Waals surface area contributed by atoms with Gasteiger partial charge in [-0.05, 0) is 18.2 Å². The molecule has 0 saturated carbocycles. The fourth-order valence-electron chi connectivity index (χ4n) is 0.857. The van der Waals surface area contributed by atoms with Crippen LogP contribution in [-0.2, 0) is 4.79 Å². The second-order valence-electron chi connectivity index (χ2n) is 2.28. The first-order valence-corrected chi connectivity index (χ1v) is 3.45. The van der Waals surface area contributed by atoms with Gasteiger partial charge in [0, 0.05) is 5.56 Å². The molecule has 0 radical (unpaired) electrons. The highest BCUT2D eigenvalue weighted by Gasteiger charge is 1.99. The van der Waals surface area contributed by atoms with Crippen molar-refractivity contribution in [1.29, 1.82) is 0 Å². The highest BCUT2D eigenvalue weighted by Crippen LogP contribution is 2.24. The molecule has 1 rings (SSSR count). The van der Waals surface area contributed by atoms with Crippen molar-refractivity contribution >= 4 is 18.0 Å². The minimum atomic E-state index is 0.00981. The van der Waals surface area contributed by atoms with Crippen LogP contribution in [0.25, 0.3) is 6.08 Å². The number of allylic oxidation sites excluding steroid dienone is 1. The number of carbonyl (C=O) groups is 1. The Bertz CT molecular complexity index is 318. The van der Waals surface area contributed by atoms with Crippen molar-refractivity contribution in [1.82, 2.24) is 0 Å². The van der Waals surface area contributed by atoms with E-state index in [1.54, 1.807) is 18.2 Å². The van der Waals surface area contributed by atoms with Crippen LogP contribution in [0, 0.1) is 0 Å². The molecule has 0 amide bonds. The third-order valence-corrected chi connectivity index (χ3v) is 1.45. The highest BCUT2D eigenvalue weighted by atomic mass is 16.3. The maximum absolute atomic E-state index is 9.97. The van der Waals surface area contributed by atoms with Gasteiger partial charge in [0.25, 0.3) is 0 Å². The molecule has 0 saturated heterocycles. The number of phenols is 1. The van der Waals surface area contributed by atoms with E-state index in [2.05, 4.69) is 0 Å². The van der Waals surface area contributed by atoms with Crippen LogP contribution in [-0.4, -0.2) is 11.4 Å². The summed E-state index contributed by atoms with van der Waals surface area (Å²) in [5, 5.41) is 9.33. The lowest BCUT2D eigenvalue weighted by molar-refractivity contribution is -0.104. The molecule has 3 heteroatoms. The number of aromatic hydroxyl groups is 1. The summed E-state index contributed by atoms with van der Waals surface area (Å²) < 4.78 is 0. The second kappa shape index (κ2) is 3.57. The summed E-state index contributed by atoms with van der Waals surface area (Å²) in [6.45, 7) is 0. The first kappa shape index (κ1) is 8.33. The lowest BCUT2D eigenvalue weighted by Crippen LogP contribution is -1.86. The van der Waals surface area contributed by atoms with Gasteiger partial charge in [-0.2, -0.15) is 0 Å². The number of aldehydes is 1. The second-order valence-corrected chi connectivity index (χ2v) is 2.28. The molecule has 0 fully saturated rings. The number of hydrogen-bond acceptors (Lipinski definition) is 3. The molecule has 1 aromatic carbocycles. The molecule has 0 unspecified atom stereocenters. The number of nitrogen functional groups attached to an aromatic ring is 1. The molecule has 0 aliphatic rings. The van der Waals surface area contributed by atoms with Crippen LogP contribution in [0.5, 0.6) is 5.75 Å². The minimum absolute atomic E-state index is 0.00981. The van der Waals surface area contributed by atoms with Crippen molar-refractivity contribution in [2.75, 3.05) is 5.73 Å². The van der Waals surface area contributed by atoms with E-state index in [0.717, 1.165) is 0 Å². The number of rotatable bonds is 2. The Hall–Kier alpha value is -1.77. The maximum atomic E-state index is 9.97. The van der Waals surface area contributed by atoms with E-state index < -0.39 is 0 Å². The van der Waals surface area contributed by atoms with Gasteiger partial charge in [-0.3, -0.25) is 4.79 Å². The Labute approximate surface area is 70.1 Å². The molecule has 62 valence electrons. The Morgan fingerprint density at radius 1 is 1.42 bits per heavy atom. The van der Waals surface area contributed by atoms with E-state index in [4.69, 9.17) is 5.73 Å². The Balaban J connectivity index is 3.07. The average Bonchev–Trinajstić information content (AvgIpc) is 2.08. The van der Waals surface area contributed by atoms with Gasteiger partial charge >= 0.3 is 0 Å². The largest absolute Gasteiger partial charge is 0.505 e. The van der Waals surface area contributed by atoms with Crippen LogP contribution in [0.2, 0.25) is 0 Å². The monoisotopic (exact) mass is 163 g/mol. The first-order valence-electron chi connectivity index (χ1n) is 3.45. The number of hydrogen-bond donors (Lipinski definition) is 2. The molecule has 0 aliphatic heterocycles. The van der Waals surface area contributed by atoms with Crippen LogP contribution < -0.4 is 5.73 Å². The van der Waals surface area contributed by atoms with Gasteiger partial charge in [-0.15, -0.1) is 0 Å². The molecular weight excluding hydrogens is 154 g/mol. The third kappa shape index (κ3) is 1.63. The van der Waals surface area contributed by atoms with Gasteiger partial charge in [-0.25, -0.2) is 0 Å². The number of para-hydroxylation sites is 1. The fourth-order valence-corrected chi connectivity index (χ4v) is 0.857. The van der Waals surface area contributed by atoms with Gasteiger partial charge in [0.05, 0.1) is 5.69 Å². The molecule has 0 aliphatic carbocycles. The van der Waals surface area contributed by atoms with Crippen LogP contribution >= 0.6 is 0 Å². The summed E-state index contributed by atoms with van der Waals surface area (Å²) in [4.78, 5) is 9.97. The van der Waals surface area contributed by atoms with Gasteiger partial charge in [0.15, 0.2) is 0 Å². The Morgan fingerprint density at radius 3 is 2.83 bits per heavy atom. The minimum Gasteiger partial charge on any atom is -0.505 e. The molecule has 3 N–H and O–H groups in total. The number of benzene rings is 1. The SMILES string of the molecule is Nc1cccc(C=CC=O)c1O. The van der Waals surface area contributed by atoms with Crippen molar-refractivity contribution in [3.8, 4) is 5.75 Å². The summed E-state index contributed by atoms with van der Waals surface area (Å²) in [7, 11) is 0. The van der Waals surface area contributed by atoms with Crippen LogP contribution in [0.4, 0.5) is 5.69 Å². The fraction of sp³-hybridized carbons (Fsp3) is 0. The van der Waals surface area contributed by atoms with Gasteiger partial charge in [-0.1, -0.05) is 12.1 Å². The van der Waals surface area contributed by atoms with Crippen molar-refractivity contribution in [3.63, 3.8) is 0 Å². The van der Waals surface area contributed by atoms with E-state index >= 15 is 0 Å².